The van der Waals surface area contributed by atoms with Gasteiger partial charge in [-0.3, -0.25) is 0 Å². The van der Waals surface area contributed by atoms with E-state index in [1.54, 1.807) is 0 Å². The molecule has 0 rings (SSSR count). The summed E-state index contributed by atoms with van der Waals surface area (Å²) in [4.78, 5) is 21.6. The van der Waals surface area contributed by atoms with Crippen LogP contribution in [0.25, 0.3) is 0 Å². The summed E-state index contributed by atoms with van der Waals surface area (Å²) >= 11 is 0. The third-order valence-electron chi connectivity index (χ3n) is 1.14. The first-order chi connectivity index (χ1) is 5.77. The zero-order valence-electron chi connectivity index (χ0n) is 9.76. The van der Waals surface area contributed by atoms with Gasteiger partial charge in [0.05, 0.1) is 6.17 Å². The van der Waals surface area contributed by atoms with E-state index in [9.17, 15) is 0 Å². The Kier molecular flexibility index (Phi) is 17.7. The van der Waals surface area contributed by atoms with E-state index >= 15 is 0 Å². The molecule has 0 spiro atoms. The molecule has 0 atom stereocenters. The van der Waals surface area contributed by atoms with Crippen molar-refractivity contribution in [3.8, 4) is 0 Å². The summed E-state index contributed by atoms with van der Waals surface area (Å²) in [5, 5.41) is 0. The second-order valence-corrected chi connectivity index (χ2v) is 3.70. The molecule has 0 fully saturated rings. The van der Waals surface area contributed by atoms with Gasteiger partial charge in [0, 0.05) is 0 Å². The Morgan fingerprint density at radius 1 is 1.29 bits per heavy atom. The number of nitrogens with two attached hydrogens (primary N) is 2. The minimum absolute atomic E-state index is 0. The van der Waals surface area contributed by atoms with Crippen molar-refractivity contribution in [2.24, 2.45) is 11.5 Å². The summed E-state index contributed by atoms with van der Waals surface area (Å²) in [6.07, 6.45) is 4.54. The molecule has 0 aliphatic rings. The quantitative estimate of drug-likeness (QED) is 0.153. The van der Waals surface area contributed by atoms with Crippen LogP contribution < -0.4 is 41.0 Å². The van der Waals surface area contributed by atoms with Crippen molar-refractivity contribution < 1.29 is 50.2 Å². The standard InChI is InChI=1S/C6H16N2.Na.H3O4P.H/c1-2-3-4-5-6(7)8;;1-5(2,3)4;/h6H,2-5,7-8H2,1H3;;(H3,1,2,3,4);/q;+1;;-1. The maximum Gasteiger partial charge on any atom is 1.00 e. The SMILES string of the molecule is CCCCCC(N)N.O=P(O)(O)O.[H-].[Na+]. The first-order valence-electron chi connectivity index (χ1n) is 4.06. The van der Waals surface area contributed by atoms with Crippen LogP contribution in [0.1, 0.15) is 34.0 Å². The van der Waals surface area contributed by atoms with Crippen LogP contribution in [0.2, 0.25) is 0 Å². The molecule has 0 aromatic heterocycles. The van der Waals surface area contributed by atoms with Crippen molar-refractivity contribution in [3.05, 3.63) is 0 Å². The third kappa shape index (κ3) is 51.9. The Balaban J connectivity index is -0.0000000770. The Morgan fingerprint density at radius 2 is 1.64 bits per heavy atom. The van der Waals surface area contributed by atoms with Gasteiger partial charge in [0.25, 0.3) is 0 Å². The van der Waals surface area contributed by atoms with Gasteiger partial charge in [0.1, 0.15) is 0 Å². The van der Waals surface area contributed by atoms with E-state index in [0.717, 1.165) is 6.42 Å². The zero-order valence-corrected chi connectivity index (χ0v) is 11.7. The predicted octanol–water partition coefficient (Wildman–Crippen LogP) is -3.00. The fourth-order valence-electron chi connectivity index (χ4n) is 0.630. The zero-order chi connectivity index (χ0) is 10.9. The number of hydrogen-bond acceptors (Lipinski definition) is 3. The topological polar surface area (TPSA) is 130 Å². The molecule has 6 nitrogen and oxygen atoms in total. The van der Waals surface area contributed by atoms with Gasteiger partial charge in [-0.25, -0.2) is 4.57 Å². The van der Waals surface area contributed by atoms with Crippen molar-refractivity contribution in [1.82, 2.24) is 0 Å². The van der Waals surface area contributed by atoms with Crippen LogP contribution in [-0.4, -0.2) is 20.8 Å². The second kappa shape index (κ2) is 12.1. The molecule has 0 radical (unpaired) electrons. The van der Waals surface area contributed by atoms with E-state index in [1.807, 2.05) is 0 Å². The number of phosphoric acid groups is 1. The van der Waals surface area contributed by atoms with Crippen LogP contribution >= 0.6 is 7.82 Å². The Bertz CT molecular complexity index is 150. The van der Waals surface area contributed by atoms with E-state index in [2.05, 4.69) is 6.92 Å². The van der Waals surface area contributed by atoms with Gasteiger partial charge < -0.3 is 27.6 Å². The molecular formula is C6H20N2NaO4P. The Labute approximate surface area is 108 Å². The van der Waals surface area contributed by atoms with E-state index < -0.39 is 7.82 Å². The Morgan fingerprint density at radius 3 is 1.86 bits per heavy atom. The molecule has 0 saturated carbocycles. The number of hydrogen-bond donors (Lipinski definition) is 5. The van der Waals surface area contributed by atoms with Gasteiger partial charge in [-0.2, -0.15) is 0 Å². The summed E-state index contributed by atoms with van der Waals surface area (Å²) in [6.45, 7) is 2.17. The van der Waals surface area contributed by atoms with E-state index in [4.69, 9.17) is 30.7 Å². The molecular weight excluding hydrogens is 218 g/mol. The third-order valence-corrected chi connectivity index (χ3v) is 1.14. The van der Waals surface area contributed by atoms with Crippen molar-refractivity contribution in [1.29, 1.82) is 0 Å². The van der Waals surface area contributed by atoms with E-state index in [1.165, 1.54) is 19.3 Å². The van der Waals surface area contributed by atoms with Crippen molar-refractivity contribution >= 4 is 7.82 Å². The second-order valence-electron chi connectivity index (χ2n) is 2.67. The predicted molar refractivity (Wildman–Crippen MR) is 51.7 cm³/mol. The molecule has 0 aliphatic carbocycles. The molecule has 0 heterocycles. The fraction of sp³-hybridized carbons (Fsp3) is 1.00. The maximum absolute atomic E-state index is 8.88. The minimum Gasteiger partial charge on any atom is -1.00 e. The smallest absolute Gasteiger partial charge is 1.00 e. The maximum atomic E-state index is 8.88. The molecule has 84 valence electrons. The van der Waals surface area contributed by atoms with Gasteiger partial charge in [-0.1, -0.05) is 26.2 Å². The van der Waals surface area contributed by atoms with Crippen molar-refractivity contribution in [3.63, 3.8) is 0 Å². The Hall–Kier alpha value is 1.03. The monoisotopic (exact) mass is 238 g/mol. The minimum atomic E-state index is -4.64. The van der Waals surface area contributed by atoms with Gasteiger partial charge in [0.2, 0.25) is 0 Å². The first kappa shape index (κ1) is 20.4. The summed E-state index contributed by atoms with van der Waals surface area (Å²) in [7, 11) is -4.64. The molecule has 7 N–H and O–H groups in total. The average molecular weight is 238 g/mol. The molecule has 0 amide bonds. The van der Waals surface area contributed by atoms with Gasteiger partial charge in [0.15, 0.2) is 0 Å². The van der Waals surface area contributed by atoms with Crippen LogP contribution in [0.3, 0.4) is 0 Å². The van der Waals surface area contributed by atoms with Gasteiger partial charge in [-0.05, 0) is 6.42 Å². The van der Waals surface area contributed by atoms with Crippen molar-refractivity contribution in [2.45, 2.75) is 38.8 Å². The van der Waals surface area contributed by atoms with E-state index in [-0.39, 0.29) is 37.1 Å². The average Bonchev–Trinajstić information content (AvgIpc) is 1.83. The van der Waals surface area contributed by atoms with Crippen molar-refractivity contribution in [2.75, 3.05) is 0 Å². The largest absolute Gasteiger partial charge is 1.00 e. The molecule has 0 unspecified atom stereocenters. The normalized spacial score (nSPS) is 10.2. The molecule has 14 heavy (non-hydrogen) atoms. The first-order valence-corrected chi connectivity index (χ1v) is 5.63. The van der Waals surface area contributed by atoms with Crippen LogP contribution in [0.4, 0.5) is 0 Å². The summed E-state index contributed by atoms with van der Waals surface area (Å²) in [5.41, 5.74) is 10.6. The number of unbranched alkanes of at least 4 members (excludes halogenated alkanes) is 2. The summed E-state index contributed by atoms with van der Waals surface area (Å²) < 4.78 is 8.88. The fourth-order valence-corrected chi connectivity index (χ4v) is 0.630. The number of rotatable bonds is 4. The van der Waals surface area contributed by atoms with Crippen LogP contribution in [-0.2, 0) is 4.57 Å². The van der Waals surface area contributed by atoms with Crippen LogP contribution in [0.5, 0.6) is 0 Å². The molecule has 0 bridgehead atoms. The molecule has 0 saturated heterocycles. The summed E-state index contributed by atoms with van der Waals surface area (Å²) in [5.74, 6) is 0. The van der Waals surface area contributed by atoms with Crippen LogP contribution in [0, 0.1) is 0 Å². The van der Waals surface area contributed by atoms with Gasteiger partial charge in [-0.15, -0.1) is 0 Å². The molecule has 0 aromatic rings. The van der Waals surface area contributed by atoms with E-state index in [0.29, 0.717) is 0 Å². The summed E-state index contributed by atoms with van der Waals surface area (Å²) in [6, 6.07) is 0. The molecule has 8 heteroatoms. The molecule has 0 aliphatic heterocycles. The molecule has 0 aromatic carbocycles. The van der Waals surface area contributed by atoms with Gasteiger partial charge >= 0.3 is 37.4 Å². The van der Waals surface area contributed by atoms with Crippen LogP contribution in [0.15, 0.2) is 0 Å².